The van der Waals surface area contributed by atoms with Crippen molar-refractivity contribution in [1.29, 1.82) is 0 Å². The maximum Gasteiger partial charge on any atom is 0.215 e. The fourth-order valence-corrected chi connectivity index (χ4v) is 3.68. The van der Waals surface area contributed by atoms with Crippen LogP contribution in [-0.2, 0) is 20.5 Å². The molecule has 0 radical (unpaired) electrons. The van der Waals surface area contributed by atoms with Crippen LogP contribution in [0, 0.1) is 0 Å². The van der Waals surface area contributed by atoms with E-state index in [1.54, 1.807) is 30.6 Å². The number of rotatable bonds is 7. The largest absolute Gasteiger partial charge is 0.375 e. The van der Waals surface area contributed by atoms with Crippen LogP contribution in [0.2, 0.25) is 0 Å². The summed E-state index contributed by atoms with van der Waals surface area (Å²) in [7, 11) is -1.78. The van der Waals surface area contributed by atoms with Crippen LogP contribution in [0.4, 0.5) is 0 Å². The highest BCUT2D eigenvalue weighted by atomic mass is 32.2. The third-order valence-electron chi connectivity index (χ3n) is 2.89. The first-order valence-electron chi connectivity index (χ1n) is 6.17. The van der Waals surface area contributed by atoms with Gasteiger partial charge in [-0.25, -0.2) is 13.1 Å². The van der Waals surface area contributed by atoms with Gasteiger partial charge in [-0.15, -0.1) is 0 Å². The molecule has 1 aromatic carbocycles. The molecule has 1 atom stereocenters. The third-order valence-corrected chi connectivity index (χ3v) is 4.91. The minimum atomic E-state index is -3.36. The van der Waals surface area contributed by atoms with Crippen molar-refractivity contribution in [2.24, 2.45) is 0 Å². The predicted octanol–water partition coefficient (Wildman–Crippen LogP) is 2.56. The number of thiophene rings is 1. The maximum atomic E-state index is 12.0. The van der Waals surface area contributed by atoms with Crippen molar-refractivity contribution in [2.45, 2.75) is 11.9 Å². The molecule has 6 heteroatoms. The van der Waals surface area contributed by atoms with Gasteiger partial charge in [0.1, 0.15) is 0 Å². The molecule has 0 amide bonds. The Balaban J connectivity index is 1.95. The Labute approximate surface area is 123 Å². The molecule has 20 heavy (non-hydrogen) atoms. The zero-order valence-electron chi connectivity index (χ0n) is 11.2. The molecule has 2 rings (SSSR count). The first kappa shape index (κ1) is 15.2. The van der Waals surface area contributed by atoms with Crippen LogP contribution < -0.4 is 4.72 Å². The van der Waals surface area contributed by atoms with E-state index >= 15 is 0 Å². The minimum Gasteiger partial charge on any atom is -0.375 e. The van der Waals surface area contributed by atoms with Gasteiger partial charge in [-0.2, -0.15) is 11.3 Å². The molecule has 0 saturated heterocycles. The molecule has 0 spiro atoms. The highest BCUT2D eigenvalue weighted by Gasteiger charge is 2.16. The van der Waals surface area contributed by atoms with E-state index in [9.17, 15) is 8.42 Å². The van der Waals surface area contributed by atoms with Gasteiger partial charge in [0.15, 0.2) is 0 Å². The molecule has 0 fully saturated rings. The number of methoxy groups -OCH3 is 1. The van der Waals surface area contributed by atoms with Crippen LogP contribution in [0.1, 0.15) is 17.2 Å². The summed E-state index contributed by atoms with van der Waals surface area (Å²) in [5.41, 5.74) is 1.75. The third kappa shape index (κ3) is 4.42. The standard InChI is InChI=1S/C14H17NO3S2/c1-18-14(13-7-8-19-10-13)9-15-20(16,17)11-12-5-3-2-4-6-12/h2-8,10,14-15H,9,11H2,1H3. The van der Waals surface area contributed by atoms with Gasteiger partial charge in [0.25, 0.3) is 0 Å². The Morgan fingerprint density at radius 3 is 2.60 bits per heavy atom. The van der Waals surface area contributed by atoms with Crippen LogP contribution in [0.3, 0.4) is 0 Å². The molecule has 0 aliphatic heterocycles. The highest BCUT2D eigenvalue weighted by molar-refractivity contribution is 7.88. The summed E-state index contributed by atoms with van der Waals surface area (Å²) in [6.07, 6.45) is -0.258. The van der Waals surface area contributed by atoms with Crippen molar-refractivity contribution < 1.29 is 13.2 Å². The Kier molecular flexibility index (Phi) is 5.31. The zero-order valence-corrected chi connectivity index (χ0v) is 12.8. The summed E-state index contributed by atoms with van der Waals surface area (Å²) in [6.45, 7) is 0.238. The maximum absolute atomic E-state index is 12.0. The average molecular weight is 311 g/mol. The molecule has 1 aromatic heterocycles. The van der Waals surface area contributed by atoms with Crippen molar-refractivity contribution in [1.82, 2.24) is 4.72 Å². The summed E-state index contributed by atoms with van der Waals surface area (Å²) in [5.74, 6) is -0.0199. The van der Waals surface area contributed by atoms with E-state index in [4.69, 9.17) is 4.74 Å². The Bertz CT molecular complexity index is 609. The Morgan fingerprint density at radius 1 is 1.25 bits per heavy atom. The first-order chi connectivity index (χ1) is 9.61. The average Bonchev–Trinajstić information content (AvgIpc) is 2.94. The lowest BCUT2D eigenvalue weighted by Gasteiger charge is -2.15. The fourth-order valence-electron chi connectivity index (χ4n) is 1.84. The second-order valence-corrected chi connectivity index (χ2v) is 6.96. The normalized spacial score (nSPS) is 13.2. The molecular formula is C14H17NO3S2. The van der Waals surface area contributed by atoms with Gasteiger partial charge in [0.2, 0.25) is 10.0 Å². The summed E-state index contributed by atoms with van der Waals surface area (Å²) in [5, 5.41) is 3.90. The van der Waals surface area contributed by atoms with Gasteiger partial charge in [0.05, 0.1) is 11.9 Å². The highest BCUT2D eigenvalue weighted by Crippen LogP contribution is 2.19. The molecule has 108 valence electrons. The lowest BCUT2D eigenvalue weighted by atomic mass is 10.2. The van der Waals surface area contributed by atoms with E-state index in [0.29, 0.717) is 0 Å². The molecule has 0 saturated carbocycles. The van der Waals surface area contributed by atoms with Crippen LogP contribution in [0.5, 0.6) is 0 Å². The number of hydrogen-bond acceptors (Lipinski definition) is 4. The van der Waals surface area contributed by atoms with E-state index in [1.165, 1.54) is 0 Å². The number of benzene rings is 1. The van der Waals surface area contributed by atoms with Crippen molar-refractivity contribution in [3.05, 3.63) is 58.3 Å². The number of sulfonamides is 1. The molecule has 1 unspecified atom stereocenters. The lowest BCUT2D eigenvalue weighted by Crippen LogP contribution is -2.30. The van der Waals surface area contributed by atoms with Gasteiger partial charge >= 0.3 is 0 Å². The van der Waals surface area contributed by atoms with Gasteiger partial charge in [-0.1, -0.05) is 30.3 Å². The van der Waals surface area contributed by atoms with Crippen LogP contribution >= 0.6 is 11.3 Å². The van der Waals surface area contributed by atoms with Crippen molar-refractivity contribution in [2.75, 3.05) is 13.7 Å². The second kappa shape index (κ2) is 6.99. The minimum absolute atomic E-state index is 0.0199. The van der Waals surface area contributed by atoms with Crippen LogP contribution in [0.15, 0.2) is 47.2 Å². The molecule has 0 bridgehead atoms. The van der Waals surface area contributed by atoms with Gasteiger partial charge in [-0.3, -0.25) is 0 Å². The van der Waals surface area contributed by atoms with E-state index in [0.717, 1.165) is 11.1 Å². The zero-order chi connectivity index (χ0) is 14.4. The van der Waals surface area contributed by atoms with Crippen molar-refractivity contribution in [3.8, 4) is 0 Å². The van der Waals surface area contributed by atoms with Gasteiger partial charge in [0, 0.05) is 13.7 Å². The molecule has 0 aliphatic carbocycles. The monoisotopic (exact) mass is 311 g/mol. The topological polar surface area (TPSA) is 55.4 Å². The van der Waals surface area contributed by atoms with Crippen LogP contribution in [0.25, 0.3) is 0 Å². The lowest BCUT2D eigenvalue weighted by molar-refractivity contribution is 0.107. The first-order valence-corrected chi connectivity index (χ1v) is 8.76. The van der Waals surface area contributed by atoms with Crippen LogP contribution in [-0.4, -0.2) is 22.1 Å². The predicted molar refractivity (Wildman–Crippen MR) is 81.1 cm³/mol. The molecule has 4 nitrogen and oxygen atoms in total. The summed E-state index contributed by atoms with van der Waals surface area (Å²) >= 11 is 1.56. The number of ether oxygens (including phenoxy) is 1. The Morgan fingerprint density at radius 2 is 2.00 bits per heavy atom. The summed E-state index contributed by atoms with van der Waals surface area (Å²) in [6, 6.07) is 11.0. The van der Waals surface area contributed by atoms with Gasteiger partial charge in [-0.05, 0) is 28.0 Å². The molecule has 1 heterocycles. The second-order valence-electron chi connectivity index (χ2n) is 4.37. The quantitative estimate of drug-likeness (QED) is 0.855. The fraction of sp³-hybridized carbons (Fsp3) is 0.286. The number of hydrogen-bond donors (Lipinski definition) is 1. The smallest absolute Gasteiger partial charge is 0.215 e. The van der Waals surface area contributed by atoms with E-state index in [2.05, 4.69) is 4.72 Å². The van der Waals surface area contributed by atoms with E-state index in [1.807, 2.05) is 35.0 Å². The van der Waals surface area contributed by atoms with Crippen molar-refractivity contribution >= 4 is 21.4 Å². The summed E-state index contributed by atoms with van der Waals surface area (Å²) in [4.78, 5) is 0. The SMILES string of the molecule is COC(CNS(=O)(=O)Cc1ccccc1)c1ccsc1. The molecule has 0 aliphatic rings. The van der Waals surface area contributed by atoms with Gasteiger partial charge < -0.3 is 4.74 Å². The number of nitrogens with one attached hydrogen (secondary N) is 1. The van der Waals surface area contributed by atoms with E-state index < -0.39 is 10.0 Å². The van der Waals surface area contributed by atoms with E-state index in [-0.39, 0.29) is 18.4 Å². The van der Waals surface area contributed by atoms with Crippen molar-refractivity contribution in [3.63, 3.8) is 0 Å². The Hall–Kier alpha value is -1.21. The summed E-state index contributed by atoms with van der Waals surface area (Å²) < 4.78 is 32.0. The molecular weight excluding hydrogens is 294 g/mol. The molecule has 2 aromatic rings. The molecule has 1 N–H and O–H groups in total.